The summed E-state index contributed by atoms with van der Waals surface area (Å²) in [5.41, 5.74) is 5.34. The fourth-order valence-corrected chi connectivity index (χ4v) is 1.74. The molecule has 0 unspecified atom stereocenters. The Morgan fingerprint density at radius 2 is 2.14 bits per heavy atom. The topological polar surface area (TPSA) is 62.6 Å². The Morgan fingerprint density at radius 3 is 2.79 bits per heavy atom. The molecule has 1 fully saturated rings. The zero-order valence-corrected chi connectivity index (χ0v) is 8.15. The maximum absolute atomic E-state index is 9.45. The Kier molecular flexibility index (Phi) is 2.74. The molecule has 4 heteroatoms. The van der Waals surface area contributed by atoms with Crippen molar-refractivity contribution >= 4 is 5.88 Å². The predicted molar refractivity (Wildman–Crippen MR) is 54.2 cm³/mol. The summed E-state index contributed by atoms with van der Waals surface area (Å²) < 4.78 is 5.52. The molecule has 1 aliphatic rings. The summed E-state index contributed by atoms with van der Waals surface area (Å²) in [6, 6.07) is 3.70. The van der Waals surface area contributed by atoms with Gasteiger partial charge < -0.3 is 20.2 Å². The van der Waals surface area contributed by atoms with Gasteiger partial charge in [0.2, 0.25) is 0 Å². The Bertz CT molecular complexity index is 292. The zero-order chi connectivity index (χ0) is 9.97. The van der Waals surface area contributed by atoms with Crippen LogP contribution >= 0.6 is 0 Å². The molecule has 2 heterocycles. The van der Waals surface area contributed by atoms with Crippen LogP contribution in [0.15, 0.2) is 16.5 Å². The van der Waals surface area contributed by atoms with E-state index in [0.29, 0.717) is 5.76 Å². The Balaban J connectivity index is 2.08. The second-order valence-corrected chi connectivity index (χ2v) is 3.62. The molecule has 1 aromatic rings. The highest BCUT2D eigenvalue weighted by Gasteiger charge is 2.17. The highest BCUT2D eigenvalue weighted by atomic mass is 16.4. The first kappa shape index (κ1) is 9.55. The molecule has 78 valence electrons. The van der Waals surface area contributed by atoms with Crippen LogP contribution in [0.5, 0.6) is 0 Å². The largest absolute Gasteiger partial charge is 0.443 e. The summed E-state index contributed by atoms with van der Waals surface area (Å²) >= 11 is 0. The lowest BCUT2D eigenvalue weighted by molar-refractivity contribution is 0.159. The summed E-state index contributed by atoms with van der Waals surface area (Å²) in [6.07, 6.45) is 1.76. The molecule has 0 aliphatic carbocycles. The lowest BCUT2D eigenvalue weighted by Crippen LogP contribution is -2.16. The minimum Gasteiger partial charge on any atom is -0.443 e. The average molecular weight is 196 g/mol. The number of furan rings is 1. The van der Waals surface area contributed by atoms with Gasteiger partial charge >= 0.3 is 0 Å². The number of hydrogen-bond acceptors (Lipinski definition) is 4. The molecule has 1 atom stereocenters. The molecule has 1 aromatic heterocycles. The van der Waals surface area contributed by atoms with E-state index in [4.69, 9.17) is 10.2 Å². The molecule has 2 rings (SSSR count). The molecule has 0 amide bonds. The first-order valence-corrected chi connectivity index (χ1v) is 5.04. The van der Waals surface area contributed by atoms with Gasteiger partial charge in [-0.25, -0.2) is 0 Å². The Labute approximate surface area is 83.3 Å². The lowest BCUT2D eigenvalue weighted by atomic mass is 10.3. The van der Waals surface area contributed by atoms with E-state index >= 15 is 0 Å². The number of anilines is 1. The fraction of sp³-hybridized carbons (Fsp3) is 0.600. The molecule has 3 N–H and O–H groups in total. The number of nitrogens with two attached hydrogens (primary N) is 1. The molecule has 1 aliphatic heterocycles. The van der Waals surface area contributed by atoms with Crippen molar-refractivity contribution in [2.75, 3.05) is 24.5 Å². The lowest BCUT2D eigenvalue weighted by Gasteiger charge is -2.13. The van der Waals surface area contributed by atoms with E-state index in [9.17, 15) is 5.11 Å². The Hall–Kier alpha value is -1.00. The maximum atomic E-state index is 9.45. The van der Waals surface area contributed by atoms with Gasteiger partial charge in [-0.3, -0.25) is 0 Å². The van der Waals surface area contributed by atoms with Crippen LogP contribution < -0.4 is 10.6 Å². The van der Waals surface area contributed by atoms with Gasteiger partial charge in [-0.15, -0.1) is 0 Å². The van der Waals surface area contributed by atoms with Gasteiger partial charge in [-0.2, -0.15) is 0 Å². The van der Waals surface area contributed by atoms with Crippen LogP contribution in [0.25, 0.3) is 0 Å². The highest BCUT2D eigenvalue weighted by molar-refractivity contribution is 5.37. The third-order valence-corrected chi connectivity index (χ3v) is 2.58. The number of hydrogen-bond donors (Lipinski definition) is 2. The average Bonchev–Trinajstić information content (AvgIpc) is 2.86. The van der Waals surface area contributed by atoms with Crippen molar-refractivity contribution in [2.24, 2.45) is 5.73 Å². The van der Waals surface area contributed by atoms with Crippen LogP contribution in [-0.4, -0.2) is 24.7 Å². The molecule has 0 saturated carbocycles. The van der Waals surface area contributed by atoms with E-state index in [1.54, 1.807) is 6.07 Å². The minimum absolute atomic E-state index is 0.201. The fourth-order valence-electron chi connectivity index (χ4n) is 1.74. The van der Waals surface area contributed by atoms with Gasteiger partial charge in [-0.1, -0.05) is 0 Å². The quantitative estimate of drug-likeness (QED) is 0.753. The van der Waals surface area contributed by atoms with Crippen LogP contribution in [0.4, 0.5) is 5.88 Å². The molecule has 1 saturated heterocycles. The third kappa shape index (κ3) is 1.76. The molecule has 0 aromatic carbocycles. The maximum Gasteiger partial charge on any atom is 0.195 e. The summed E-state index contributed by atoms with van der Waals surface area (Å²) in [7, 11) is 0. The van der Waals surface area contributed by atoms with E-state index in [-0.39, 0.29) is 6.54 Å². The van der Waals surface area contributed by atoms with Crippen LogP contribution in [0.1, 0.15) is 24.7 Å². The second kappa shape index (κ2) is 4.02. The van der Waals surface area contributed by atoms with Crippen molar-refractivity contribution in [1.82, 2.24) is 0 Å². The monoisotopic (exact) mass is 196 g/mol. The summed E-state index contributed by atoms with van der Waals surface area (Å²) in [4.78, 5) is 2.19. The normalized spacial score (nSPS) is 18.9. The first-order valence-electron chi connectivity index (χ1n) is 5.04. The smallest absolute Gasteiger partial charge is 0.195 e. The standard InChI is InChI=1S/C10H16N2O2/c11-7-8(13)9-3-4-10(14-9)12-5-1-2-6-12/h3-4,8,13H,1-2,5-7,11H2/t8-/m1/s1. The molecular formula is C10H16N2O2. The molecule has 14 heavy (non-hydrogen) atoms. The number of aliphatic hydroxyl groups excluding tert-OH is 1. The third-order valence-electron chi connectivity index (χ3n) is 2.58. The van der Waals surface area contributed by atoms with Gasteiger partial charge in [-0.05, 0) is 18.9 Å². The Morgan fingerprint density at radius 1 is 1.43 bits per heavy atom. The van der Waals surface area contributed by atoms with Crippen molar-refractivity contribution in [2.45, 2.75) is 18.9 Å². The van der Waals surface area contributed by atoms with Crippen LogP contribution in [0, 0.1) is 0 Å². The highest BCUT2D eigenvalue weighted by Crippen LogP contribution is 2.25. The van der Waals surface area contributed by atoms with E-state index < -0.39 is 6.10 Å². The number of aliphatic hydroxyl groups is 1. The van der Waals surface area contributed by atoms with E-state index in [1.807, 2.05) is 6.07 Å². The molecule has 4 nitrogen and oxygen atoms in total. The van der Waals surface area contributed by atoms with Crippen molar-refractivity contribution in [3.63, 3.8) is 0 Å². The second-order valence-electron chi connectivity index (χ2n) is 3.62. The number of nitrogens with zero attached hydrogens (tertiary/aromatic N) is 1. The molecule has 0 spiro atoms. The van der Waals surface area contributed by atoms with E-state index in [2.05, 4.69) is 4.90 Å². The SMILES string of the molecule is NC[C@@H](O)c1ccc(N2CCCC2)o1. The zero-order valence-electron chi connectivity index (χ0n) is 8.15. The van der Waals surface area contributed by atoms with E-state index in [1.165, 1.54) is 12.8 Å². The van der Waals surface area contributed by atoms with Gasteiger partial charge in [0.25, 0.3) is 0 Å². The van der Waals surface area contributed by atoms with Gasteiger partial charge in [0.1, 0.15) is 11.9 Å². The van der Waals surface area contributed by atoms with Crippen molar-refractivity contribution in [3.05, 3.63) is 17.9 Å². The van der Waals surface area contributed by atoms with Crippen LogP contribution in [0.3, 0.4) is 0 Å². The summed E-state index contributed by atoms with van der Waals surface area (Å²) in [6.45, 7) is 2.30. The summed E-state index contributed by atoms with van der Waals surface area (Å²) in [5.74, 6) is 1.42. The number of rotatable bonds is 3. The van der Waals surface area contributed by atoms with Crippen molar-refractivity contribution in [3.8, 4) is 0 Å². The van der Waals surface area contributed by atoms with Gasteiger partial charge in [0, 0.05) is 25.7 Å². The molecule has 0 bridgehead atoms. The molecular weight excluding hydrogens is 180 g/mol. The molecule has 0 radical (unpaired) electrons. The van der Waals surface area contributed by atoms with Crippen LogP contribution in [0.2, 0.25) is 0 Å². The van der Waals surface area contributed by atoms with E-state index in [0.717, 1.165) is 19.0 Å². The van der Waals surface area contributed by atoms with Crippen molar-refractivity contribution in [1.29, 1.82) is 0 Å². The van der Waals surface area contributed by atoms with Crippen molar-refractivity contribution < 1.29 is 9.52 Å². The predicted octanol–water partition coefficient (Wildman–Crippen LogP) is 0.872. The minimum atomic E-state index is -0.675. The summed E-state index contributed by atoms with van der Waals surface area (Å²) in [5, 5.41) is 9.45. The van der Waals surface area contributed by atoms with Gasteiger partial charge in [0.15, 0.2) is 5.88 Å². The van der Waals surface area contributed by atoms with Crippen LogP contribution in [-0.2, 0) is 0 Å². The first-order chi connectivity index (χ1) is 6.81. The van der Waals surface area contributed by atoms with Gasteiger partial charge in [0.05, 0.1) is 0 Å².